The molecule has 0 saturated heterocycles. The quantitative estimate of drug-likeness (QED) is 0.307. The van der Waals surface area contributed by atoms with E-state index in [1.807, 2.05) is 12.1 Å². The zero-order valence-corrected chi connectivity index (χ0v) is 20.4. The third-order valence-electron chi connectivity index (χ3n) is 6.57. The summed E-state index contributed by atoms with van der Waals surface area (Å²) >= 11 is 0. The highest BCUT2D eigenvalue weighted by Crippen LogP contribution is 2.48. The fourth-order valence-electron chi connectivity index (χ4n) is 4.09. The van der Waals surface area contributed by atoms with Gasteiger partial charge in [0.25, 0.3) is 0 Å². The van der Waals surface area contributed by atoms with E-state index < -0.39 is 12.0 Å². The van der Waals surface area contributed by atoms with Gasteiger partial charge in [-0.3, -0.25) is 4.79 Å². The Kier molecular flexibility index (Phi) is 10.0. The van der Waals surface area contributed by atoms with Crippen molar-refractivity contribution in [3.8, 4) is 0 Å². The van der Waals surface area contributed by atoms with Crippen LogP contribution in [-0.2, 0) is 32.6 Å². The van der Waals surface area contributed by atoms with Crippen LogP contribution in [-0.4, -0.2) is 48.3 Å². The molecule has 1 saturated carbocycles. The van der Waals surface area contributed by atoms with Gasteiger partial charge < -0.3 is 20.5 Å². The molecule has 1 amide bonds. The number of aromatic nitrogens is 1. The first-order valence-electron chi connectivity index (χ1n) is 12.4. The summed E-state index contributed by atoms with van der Waals surface area (Å²) in [5.74, 6) is -0.0670. The molecule has 1 aromatic heterocycles. The number of carboxylic acids is 1. The zero-order chi connectivity index (χ0) is 25.1. The lowest BCUT2D eigenvalue weighted by atomic mass is 9.98. The maximum atomic E-state index is 13.1. The molecule has 3 N–H and O–H groups in total. The van der Waals surface area contributed by atoms with E-state index in [0.29, 0.717) is 19.6 Å². The van der Waals surface area contributed by atoms with Gasteiger partial charge in [-0.05, 0) is 73.6 Å². The first kappa shape index (κ1) is 26.6. The number of pyridine rings is 1. The van der Waals surface area contributed by atoms with Gasteiger partial charge in [-0.15, -0.1) is 0 Å². The standard InChI is InChI=1S/C17H25N3O4.C10H11F/c21-12-19-15(17(22)23)8-11-24-10-2-1-5-14-7-6-13-4-3-9-18-16(13)20-14;1-10(6-7-10)8-4-2-3-5-9(8)11/h6-7,12,15H,1-5,8-11H2,(H,18,20)(H,19,21)(H,22,23);2-5H,6-7H2,1H3. The number of unbranched alkanes of at least 4 members (excludes halogenated alkanes) is 1. The second kappa shape index (κ2) is 13.2. The predicted molar refractivity (Wildman–Crippen MR) is 133 cm³/mol. The number of fused-ring (bicyclic) bond motifs is 1. The maximum absolute atomic E-state index is 13.1. The Balaban J connectivity index is 0.000000256. The number of hydrogen-bond acceptors (Lipinski definition) is 5. The number of anilines is 1. The Labute approximate surface area is 206 Å². The minimum atomic E-state index is -1.04. The van der Waals surface area contributed by atoms with Crippen molar-refractivity contribution in [2.24, 2.45) is 0 Å². The number of rotatable bonds is 12. The van der Waals surface area contributed by atoms with Gasteiger partial charge in [0.2, 0.25) is 6.41 Å². The fraction of sp³-hybridized carbons (Fsp3) is 0.519. The third kappa shape index (κ3) is 8.31. The summed E-state index contributed by atoms with van der Waals surface area (Å²) in [4.78, 5) is 25.8. The van der Waals surface area contributed by atoms with Crippen LogP contribution in [0.2, 0.25) is 0 Å². The van der Waals surface area contributed by atoms with Gasteiger partial charge in [-0.2, -0.15) is 0 Å². The number of aryl methyl sites for hydroxylation is 2. The Hall–Kier alpha value is -3.00. The summed E-state index contributed by atoms with van der Waals surface area (Å²) in [7, 11) is 0. The number of nitrogens with one attached hydrogen (secondary N) is 2. The van der Waals surface area contributed by atoms with Crippen molar-refractivity contribution in [1.82, 2.24) is 10.3 Å². The molecule has 1 atom stereocenters. The lowest BCUT2D eigenvalue weighted by Gasteiger charge is -2.17. The first-order valence-corrected chi connectivity index (χ1v) is 12.4. The Morgan fingerprint density at radius 1 is 1.26 bits per heavy atom. The van der Waals surface area contributed by atoms with Crippen molar-refractivity contribution in [3.63, 3.8) is 0 Å². The molecule has 2 aliphatic rings. The molecule has 190 valence electrons. The van der Waals surface area contributed by atoms with Gasteiger partial charge in [-0.1, -0.05) is 31.2 Å². The lowest BCUT2D eigenvalue weighted by Crippen LogP contribution is -2.36. The number of carboxylic acid groups (broad SMARTS) is 1. The van der Waals surface area contributed by atoms with E-state index in [2.05, 4.69) is 34.7 Å². The number of aliphatic carboxylic acids is 1. The molecule has 2 aromatic rings. The number of amides is 1. The van der Waals surface area contributed by atoms with Crippen LogP contribution in [0.15, 0.2) is 36.4 Å². The minimum absolute atomic E-state index is 0.0486. The summed E-state index contributed by atoms with van der Waals surface area (Å²) in [6.07, 6.45) is 7.97. The summed E-state index contributed by atoms with van der Waals surface area (Å²) < 4.78 is 18.6. The van der Waals surface area contributed by atoms with E-state index in [9.17, 15) is 14.0 Å². The monoisotopic (exact) mass is 485 g/mol. The van der Waals surface area contributed by atoms with Gasteiger partial charge >= 0.3 is 5.97 Å². The number of hydrogen-bond donors (Lipinski definition) is 3. The smallest absolute Gasteiger partial charge is 0.326 e. The molecule has 1 unspecified atom stereocenters. The van der Waals surface area contributed by atoms with Crippen LogP contribution < -0.4 is 10.6 Å². The van der Waals surface area contributed by atoms with Crippen LogP contribution in [0, 0.1) is 5.82 Å². The highest BCUT2D eigenvalue weighted by atomic mass is 19.1. The molecule has 1 aromatic carbocycles. The SMILES string of the molecule is CC1(c2ccccc2F)CC1.O=CNC(CCOCCCCc1ccc2c(n1)NCCC2)C(=O)O. The number of benzene rings is 1. The molecule has 1 aliphatic heterocycles. The average molecular weight is 486 g/mol. The van der Waals surface area contributed by atoms with Crippen LogP contribution in [0.1, 0.15) is 62.3 Å². The van der Waals surface area contributed by atoms with E-state index in [-0.39, 0.29) is 17.7 Å². The molecule has 0 spiro atoms. The molecule has 8 heteroatoms. The van der Waals surface area contributed by atoms with E-state index in [4.69, 9.17) is 9.84 Å². The second-order valence-electron chi connectivity index (χ2n) is 9.41. The van der Waals surface area contributed by atoms with Gasteiger partial charge in [0.05, 0.1) is 0 Å². The van der Waals surface area contributed by atoms with Crippen molar-refractivity contribution in [3.05, 3.63) is 59.0 Å². The van der Waals surface area contributed by atoms with Crippen molar-refractivity contribution < 1.29 is 23.8 Å². The van der Waals surface area contributed by atoms with Crippen LogP contribution in [0.4, 0.5) is 10.2 Å². The number of carbonyl (C=O) groups excluding carboxylic acids is 1. The number of nitrogens with zero attached hydrogens (tertiary/aromatic N) is 1. The van der Waals surface area contributed by atoms with Crippen LogP contribution >= 0.6 is 0 Å². The Morgan fingerprint density at radius 2 is 2.06 bits per heavy atom. The molecule has 1 fully saturated rings. The van der Waals surface area contributed by atoms with Gasteiger partial charge in [0, 0.05) is 31.9 Å². The lowest BCUT2D eigenvalue weighted by molar-refractivity contribution is -0.141. The van der Waals surface area contributed by atoms with Gasteiger partial charge in [0.1, 0.15) is 17.7 Å². The number of halogens is 1. The fourth-order valence-corrected chi connectivity index (χ4v) is 4.09. The van der Waals surface area contributed by atoms with Crippen LogP contribution in [0.5, 0.6) is 0 Å². The van der Waals surface area contributed by atoms with Crippen molar-refractivity contribution in [2.45, 2.75) is 69.7 Å². The third-order valence-corrected chi connectivity index (χ3v) is 6.57. The molecule has 35 heavy (non-hydrogen) atoms. The maximum Gasteiger partial charge on any atom is 0.326 e. The molecular formula is C27H36FN3O4. The second-order valence-corrected chi connectivity index (χ2v) is 9.41. The van der Waals surface area contributed by atoms with Crippen molar-refractivity contribution in [2.75, 3.05) is 25.1 Å². The van der Waals surface area contributed by atoms with E-state index in [1.54, 1.807) is 12.1 Å². The summed E-state index contributed by atoms with van der Waals surface area (Å²) in [6.45, 7) is 4.01. The van der Waals surface area contributed by atoms with E-state index in [1.165, 1.54) is 5.56 Å². The minimum Gasteiger partial charge on any atom is -0.480 e. The average Bonchev–Trinajstić information content (AvgIpc) is 3.61. The Bertz CT molecular complexity index is 981. The van der Waals surface area contributed by atoms with E-state index >= 15 is 0 Å². The molecule has 2 heterocycles. The molecule has 0 radical (unpaired) electrons. The van der Waals surface area contributed by atoms with Crippen molar-refractivity contribution >= 4 is 18.2 Å². The Morgan fingerprint density at radius 3 is 2.77 bits per heavy atom. The zero-order valence-electron chi connectivity index (χ0n) is 20.4. The first-order chi connectivity index (χ1) is 16.9. The normalized spacial score (nSPS) is 16.1. The van der Waals surface area contributed by atoms with Gasteiger partial charge in [0.15, 0.2) is 0 Å². The number of ether oxygens (including phenoxy) is 1. The highest BCUT2D eigenvalue weighted by Gasteiger charge is 2.40. The summed E-state index contributed by atoms with van der Waals surface area (Å²) in [6, 6.07) is 10.4. The predicted octanol–water partition coefficient (Wildman–Crippen LogP) is 4.25. The summed E-state index contributed by atoms with van der Waals surface area (Å²) in [5.41, 5.74) is 3.43. The molecule has 0 bridgehead atoms. The summed E-state index contributed by atoms with van der Waals surface area (Å²) in [5, 5.41) is 14.5. The van der Waals surface area contributed by atoms with Crippen LogP contribution in [0.25, 0.3) is 0 Å². The topological polar surface area (TPSA) is 101 Å². The van der Waals surface area contributed by atoms with E-state index in [0.717, 1.165) is 68.6 Å². The van der Waals surface area contributed by atoms with Crippen LogP contribution in [0.3, 0.4) is 0 Å². The largest absolute Gasteiger partial charge is 0.480 e. The molecule has 1 aliphatic carbocycles. The van der Waals surface area contributed by atoms with Gasteiger partial charge in [-0.25, -0.2) is 14.2 Å². The number of carbonyl (C=O) groups is 2. The molecule has 7 nitrogen and oxygen atoms in total. The highest BCUT2D eigenvalue weighted by molar-refractivity contribution is 5.76. The molecule has 4 rings (SSSR count). The molecular weight excluding hydrogens is 449 g/mol. The van der Waals surface area contributed by atoms with Crippen molar-refractivity contribution in [1.29, 1.82) is 0 Å².